The number of hydrogen-bond acceptors (Lipinski definition) is 5. The lowest BCUT2D eigenvalue weighted by Crippen LogP contribution is -2.54. The predicted octanol–water partition coefficient (Wildman–Crippen LogP) is 2.36. The largest absolute Gasteiger partial charge is 0.357 e. The van der Waals surface area contributed by atoms with Gasteiger partial charge in [0.25, 0.3) is 0 Å². The average molecular weight is 421 g/mol. The fourth-order valence-corrected chi connectivity index (χ4v) is 4.62. The number of nitrogens with zero attached hydrogens (tertiary/aromatic N) is 5. The normalized spacial score (nSPS) is 19.1. The van der Waals surface area contributed by atoms with E-state index in [1.807, 2.05) is 4.90 Å². The lowest BCUT2D eigenvalue weighted by Gasteiger charge is -2.37. The molecule has 0 atom stereocenters. The SMILES string of the molecule is CCNC(=NCc1csc(C(C)C)n1)N1CCN(CC(=O)N2CCCCC2)CC1. The second-order valence-electron chi connectivity index (χ2n) is 8.21. The summed E-state index contributed by atoms with van der Waals surface area (Å²) in [6, 6.07) is 0. The molecule has 7 nitrogen and oxygen atoms in total. The molecule has 0 unspecified atom stereocenters. The van der Waals surface area contributed by atoms with Gasteiger partial charge in [0.1, 0.15) is 0 Å². The molecule has 29 heavy (non-hydrogen) atoms. The van der Waals surface area contributed by atoms with Crippen molar-refractivity contribution < 1.29 is 4.79 Å². The zero-order valence-corrected chi connectivity index (χ0v) is 19.0. The van der Waals surface area contributed by atoms with Crippen LogP contribution in [-0.2, 0) is 11.3 Å². The molecule has 162 valence electrons. The van der Waals surface area contributed by atoms with Gasteiger partial charge in [0.05, 0.1) is 23.8 Å². The van der Waals surface area contributed by atoms with Crippen LogP contribution < -0.4 is 5.32 Å². The van der Waals surface area contributed by atoms with Gasteiger partial charge in [0.2, 0.25) is 5.91 Å². The Hall–Kier alpha value is -1.67. The molecule has 0 aromatic carbocycles. The van der Waals surface area contributed by atoms with Crippen LogP contribution in [0.1, 0.15) is 56.7 Å². The summed E-state index contributed by atoms with van der Waals surface area (Å²) >= 11 is 1.72. The number of rotatable bonds is 6. The number of piperazine rings is 1. The van der Waals surface area contributed by atoms with E-state index in [1.54, 1.807) is 11.3 Å². The van der Waals surface area contributed by atoms with Crippen LogP contribution in [0, 0.1) is 0 Å². The maximum atomic E-state index is 12.5. The Labute approximate surface area is 179 Å². The molecular weight excluding hydrogens is 384 g/mol. The number of amides is 1. The third-order valence-corrected chi connectivity index (χ3v) is 6.72. The van der Waals surface area contributed by atoms with Gasteiger partial charge >= 0.3 is 0 Å². The number of nitrogens with one attached hydrogen (secondary N) is 1. The number of guanidine groups is 1. The minimum atomic E-state index is 0.295. The summed E-state index contributed by atoms with van der Waals surface area (Å²) in [6.45, 7) is 13.9. The van der Waals surface area contributed by atoms with Crippen molar-refractivity contribution in [1.29, 1.82) is 0 Å². The lowest BCUT2D eigenvalue weighted by molar-refractivity contribution is -0.133. The summed E-state index contributed by atoms with van der Waals surface area (Å²) in [5.41, 5.74) is 1.04. The molecule has 2 aliphatic rings. The van der Waals surface area contributed by atoms with Crippen LogP contribution in [0.3, 0.4) is 0 Å². The number of carbonyl (C=O) groups is 1. The van der Waals surface area contributed by atoms with Gasteiger partial charge in [-0.05, 0) is 26.2 Å². The van der Waals surface area contributed by atoms with E-state index in [4.69, 9.17) is 9.98 Å². The standard InChI is InChI=1S/C21H36N6OS/c1-4-22-21(23-14-18-16-29-20(24-18)17(2)3)27-12-10-25(11-13-27)15-19(28)26-8-6-5-7-9-26/h16-17H,4-15H2,1-3H3,(H,22,23). The minimum Gasteiger partial charge on any atom is -0.357 e. The van der Waals surface area contributed by atoms with Gasteiger partial charge in [-0.3, -0.25) is 9.69 Å². The summed E-state index contributed by atoms with van der Waals surface area (Å²) < 4.78 is 0. The van der Waals surface area contributed by atoms with Crippen molar-refractivity contribution in [2.75, 3.05) is 52.4 Å². The second kappa shape index (κ2) is 10.9. The Balaban J connectivity index is 1.50. The van der Waals surface area contributed by atoms with Gasteiger partial charge in [-0.15, -0.1) is 11.3 Å². The quantitative estimate of drug-likeness (QED) is 0.565. The Morgan fingerprint density at radius 1 is 1.14 bits per heavy atom. The maximum absolute atomic E-state index is 12.5. The predicted molar refractivity (Wildman–Crippen MR) is 119 cm³/mol. The Bertz CT molecular complexity index is 674. The molecule has 1 N–H and O–H groups in total. The van der Waals surface area contributed by atoms with E-state index in [2.05, 4.69) is 41.3 Å². The molecule has 0 bridgehead atoms. The number of hydrogen-bond donors (Lipinski definition) is 1. The summed E-state index contributed by atoms with van der Waals surface area (Å²) in [6.07, 6.45) is 3.56. The van der Waals surface area contributed by atoms with Gasteiger partial charge in [0.15, 0.2) is 5.96 Å². The Morgan fingerprint density at radius 2 is 1.86 bits per heavy atom. The third-order valence-electron chi connectivity index (χ3n) is 5.53. The van der Waals surface area contributed by atoms with Crippen molar-refractivity contribution in [1.82, 2.24) is 25.0 Å². The lowest BCUT2D eigenvalue weighted by atomic mass is 10.1. The van der Waals surface area contributed by atoms with E-state index in [9.17, 15) is 4.79 Å². The smallest absolute Gasteiger partial charge is 0.236 e. The molecule has 0 spiro atoms. The van der Waals surface area contributed by atoms with Gasteiger partial charge in [0, 0.05) is 57.1 Å². The fourth-order valence-electron chi connectivity index (χ4n) is 3.79. The molecule has 1 aromatic rings. The summed E-state index contributed by atoms with van der Waals surface area (Å²) in [5, 5.41) is 6.71. The van der Waals surface area contributed by atoms with Crippen LogP contribution in [0.4, 0.5) is 0 Å². The third kappa shape index (κ3) is 6.40. The summed E-state index contributed by atoms with van der Waals surface area (Å²) in [5.74, 6) is 1.71. The highest BCUT2D eigenvalue weighted by Gasteiger charge is 2.24. The average Bonchev–Trinajstić information content (AvgIpc) is 3.22. The molecule has 1 aromatic heterocycles. The first-order valence-electron chi connectivity index (χ1n) is 11.0. The maximum Gasteiger partial charge on any atom is 0.236 e. The first-order chi connectivity index (χ1) is 14.1. The van der Waals surface area contributed by atoms with E-state index in [0.717, 1.165) is 70.3 Å². The molecular formula is C21H36N6OS. The van der Waals surface area contributed by atoms with Crippen LogP contribution in [0.5, 0.6) is 0 Å². The molecule has 1 amide bonds. The molecule has 0 aliphatic carbocycles. The van der Waals surface area contributed by atoms with Crippen LogP contribution in [0.25, 0.3) is 0 Å². The highest BCUT2D eigenvalue weighted by atomic mass is 32.1. The highest BCUT2D eigenvalue weighted by molar-refractivity contribution is 7.09. The summed E-state index contributed by atoms with van der Waals surface area (Å²) in [7, 11) is 0. The summed E-state index contributed by atoms with van der Waals surface area (Å²) in [4.78, 5) is 28.7. The Morgan fingerprint density at radius 3 is 2.48 bits per heavy atom. The van der Waals surface area contributed by atoms with Crippen LogP contribution in [-0.4, -0.2) is 83.9 Å². The van der Waals surface area contributed by atoms with Crippen LogP contribution in [0.15, 0.2) is 10.4 Å². The molecule has 0 radical (unpaired) electrons. The van der Waals surface area contributed by atoms with Gasteiger partial charge in [-0.25, -0.2) is 9.98 Å². The van der Waals surface area contributed by atoms with Gasteiger partial charge < -0.3 is 15.1 Å². The zero-order valence-electron chi connectivity index (χ0n) is 18.2. The number of aliphatic imine (C=N–C) groups is 1. The van der Waals surface area contributed by atoms with E-state index < -0.39 is 0 Å². The van der Waals surface area contributed by atoms with Crippen LogP contribution >= 0.6 is 11.3 Å². The van der Waals surface area contributed by atoms with Crippen molar-refractivity contribution in [3.8, 4) is 0 Å². The number of aromatic nitrogens is 1. The number of carbonyl (C=O) groups excluding carboxylic acids is 1. The number of likely N-dealkylation sites (tertiary alicyclic amines) is 1. The second-order valence-corrected chi connectivity index (χ2v) is 9.10. The van der Waals surface area contributed by atoms with Crippen molar-refractivity contribution >= 4 is 23.2 Å². The van der Waals surface area contributed by atoms with Crippen LogP contribution in [0.2, 0.25) is 0 Å². The van der Waals surface area contributed by atoms with Crippen molar-refractivity contribution in [2.24, 2.45) is 4.99 Å². The van der Waals surface area contributed by atoms with E-state index in [1.165, 1.54) is 11.4 Å². The molecule has 2 fully saturated rings. The van der Waals surface area contributed by atoms with E-state index >= 15 is 0 Å². The molecule has 3 heterocycles. The first-order valence-corrected chi connectivity index (χ1v) is 11.9. The highest BCUT2D eigenvalue weighted by Crippen LogP contribution is 2.19. The van der Waals surface area contributed by atoms with E-state index in [0.29, 0.717) is 24.9 Å². The minimum absolute atomic E-state index is 0.295. The number of piperidine rings is 1. The molecule has 8 heteroatoms. The fraction of sp³-hybridized carbons (Fsp3) is 0.762. The topological polar surface area (TPSA) is 64.1 Å². The number of thiazole rings is 1. The molecule has 2 saturated heterocycles. The molecule has 0 saturated carbocycles. The monoisotopic (exact) mass is 420 g/mol. The Kier molecular flexibility index (Phi) is 8.29. The van der Waals surface area contributed by atoms with E-state index in [-0.39, 0.29) is 0 Å². The zero-order chi connectivity index (χ0) is 20.6. The first kappa shape index (κ1) is 22.0. The van der Waals surface area contributed by atoms with Crippen molar-refractivity contribution in [3.63, 3.8) is 0 Å². The molecule has 2 aliphatic heterocycles. The van der Waals surface area contributed by atoms with Gasteiger partial charge in [-0.1, -0.05) is 13.8 Å². The van der Waals surface area contributed by atoms with Gasteiger partial charge in [-0.2, -0.15) is 0 Å². The van der Waals surface area contributed by atoms with Crippen molar-refractivity contribution in [3.05, 3.63) is 16.1 Å². The molecule has 3 rings (SSSR count). The van der Waals surface area contributed by atoms with Crippen molar-refractivity contribution in [2.45, 2.75) is 52.5 Å².